The van der Waals surface area contributed by atoms with E-state index in [9.17, 15) is 9.90 Å². The van der Waals surface area contributed by atoms with Gasteiger partial charge in [0.25, 0.3) is 0 Å². The van der Waals surface area contributed by atoms with Crippen molar-refractivity contribution in [3.8, 4) is 11.1 Å². The van der Waals surface area contributed by atoms with Crippen molar-refractivity contribution in [1.82, 2.24) is 15.5 Å². The number of fused-ring (bicyclic) bond motifs is 2. The maximum absolute atomic E-state index is 11.9. The van der Waals surface area contributed by atoms with E-state index in [4.69, 9.17) is 9.47 Å². The maximum Gasteiger partial charge on any atom is 0.315 e. The molecular formula is C38H49N3O4. The zero-order valence-corrected chi connectivity index (χ0v) is 27.2. The van der Waals surface area contributed by atoms with Crippen LogP contribution in [0.2, 0.25) is 0 Å². The van der Waals surface area contributed by atoms with Crippen molar-refractivity contribution < 1.29 is 19.4 Å². The molecule has 5 atom stereocenters. The van der Waals surface area contributed by atoms with Crippen molar-refractivity contribution in [2.24, 2.45) is 10.8 Å². The zero-order chi connectivity index (χ0) is 31.6. The number of rotatable bonds is 9. The van der Waals surface area contributed by atoms with E-state index >= 15 is 0 Å². The predicted octanol–water partition coefficient (Wildman–Crippen LogP) is 7.11. The van der Waals surface area contributed by atoms with E-state index in [0.29, 0.717) is 30.0 Å². The molecule has 3 N–H and O–H groups in total. The first kappa shape index (κ1) is 31.7. The fourth-order valence-corrected chi connectivity index (χ4v) is 8.18. The number of aliphatic hydroxyl groups excluding tert-OH is 1. The lowest BCUT2D eigenvalue weighted by Crippen LogP contribution is -2.42. The van der Waals surface area contributed by atoms with Gasteiger partial charge in [-0.2, -0.15) is 0 Å². The fourth-order valence-electron chi connectivity index (χ4n) is 8.18. The number of urea groups is 1. The largest absolute Gasteiger partial charge is 0.392 e. The van der Waals surface area contributed by atoms with E-state index in [1.165, 1.54) is 19.3 Å². The molecule has 3 aromatic rings. The van der Waals surface area contributed by atoms with Gasteiger partial charge in [0.15, 0.2) is 6.29 Å². The molecular weight excluding hydrogens is 562 g/mol. The number of benzene rings is 3. The molecule has 0 aromatic heterocycles. The molecule has 6 rings (SSSR count). The van der Waals surface area contributed by atoms with Crippen LogP contribution in [0.15, 0.2) is 72.8 Å². The number of aliphatic hydroxyl groups is 1. The molecule has 240 valence electrons. The third kappa shape index (κ3) is 7.60. The number of carbonyl (C=O) groups is 1. The molecule has 2 saturated heterocycles. The molecule has 3 aromatic carbocycles. The number of nitrogens with zero attached hydrogens (tertiary/aromatic N) is 1. The van der Waals surface area contributed by atoms with Crippen molar-refractivity contribution in [3.63, 3.8) is 0 Å². The van der Waals surface area contributed by atoms with Gasteiger partial charge in [0.2, 0.25) is 0 Å². The Morgan fingerprint density at radius 3 is 2.40 bits per heavy atom. The summed E-state index contributed by atoms with van der Waals surface area (Å²) in [6.45, 7) is 12.4. The minimum absolute atomic E-state index is 0.0333. The Morgan fingerprint density at radius 2 is 1.67 bits per heavy atom. The van der Waals surface area contributed by atoms with Crippen LogP contribution in [0.3, 0.4) is 0 Å². The van der Waals surface area contributed by atoms with Gasteiger partial charge >= 0.3 is 6.03 Å². The summed E-state index contributed by atoms with van der Waals surface area (Å²) in [6, 6.07) is 25.3. The van der Waals surface area contributed by atoms with E-state index in [-0.39, 0.29) is 24.8 Å². The van der Waals surface area contributed by atoms with E-state index in [1.54, 1.807) is 0 Å². The summed E-state index contributed by atoms with van der Waals surface area (Å²) in [5.41, 5.74) is 7.02. The molecule has 0 radical (unpaired) electrons. The van der Waals surface area contributed by atoms with Crippen LogP contribution in [0.25, 0.3) is 11.1 Å². The quantitative estimate of drug-likeness (QED) is 0.240. The summed E-state index contributed by atoms with van der Waals surface area (Å²) in [6.07, 6.45) is 4.08. The fraction of sp³-hybridized carbons (Fsp3) is 0.500. The molecule has 1 saturated carbocycles. The molecule has 2 unspecified atom stereocenters. The number of ether oxygens (including phenoxy) is 2. The van der Waals surface area contributed by atoms with Gasteiger partial charge in [-0.1, -0.05) is 87.5 Å². The monoisotopic (exact) mass is 611 g/mol. The standard InChI is InChI=1S/C38H49N3O4/c1-5-39-36(43)40-21-27-7-6-8-31(17-27)28-13-15-30(16-14-28)35-44-33(18-34(45-35)29-11-9-26(23-42)10-12-29)22-41-25-38(4)20-32(41)19-37(2,3)24-38/h6-17,32-35,42H,5,18-25H2,1-4H3,(H2,39,40,43)/t32?,33-,34+,35+,38?/m1/s1. The minimum Gasteiger partial charge on any atom is -0.392 e. The normalized spacial score (nSPS) is 27.7. The summed E-state index contributed by atoms with van der Waals surface area (Å²) >= 11 is 0. The van der Waals surface area contributed by atoms with Crippen LogP contribution < -0.4 is 10.6 Å². The molecule has 7 nitrogen and oxygen atoms in total. The van der Waals surface area contributed by atoms with E-state index in [0.717, 1.165) is 52.9 Å². The topological polar surface area (TPSA) is 83.1 Å². The first-order valence-corrected chi connectivity index (χ1v) is 16.6. The molecule has 2 bridgehead atoms. The van der Waals surface area contributed by atoms with E-state index in [1.807, 2.05) is 31.2 Å². The lowest BCUT2D eigenvalue weighted by molar-refractivity contribution is -0.253. The maximum atomic E-state index is 11.9. The highest BCUT2D eigenvalue weighted by Gasteiger charge is 2.50. The highest BCUT2D eigenvalue weighted by molar-refractivity contribution is 5.73. The lowest BCUT2D eigenvalue weighted by atomic mass is 9.65. The van der Waals surface area contributed by atoms with Gasteiger partial charge in [0.05, 0.1) is 18.8 Å². The first-order chi connectivity index (χ1) is 21.6. The number of carbonyl (C=O) groups excluding carboxylic acids is 1. The molecule has 3 aliphatic rings. The van der Waals surface area contributed by atoms with Crippen LogP contribution in [0.5, 0.6) is 0 Å². The second-order valence-electron chi connectivity index (χ2n) is 14.5. The Morgan fingerprint density at radius 1 is 0.911 bits per heavy atom. The second-order valence-corrected chi connectivity index (χ2v) is 14.5. The van der Waals surface area contributed by atoms with Gasteiger partial charge in [0.1, 0.15) is 0 Å². The van der Waals surface area contributed by atoms with E-state index in [2.05, 4.69) is 84.8 Å². The highest BCUT2D eigenvalue weighted by Crippen LogP contribution is 2.53. The van der Waals surface area contributed by atoms with Crippen molar-refractivity contribution in [1.29, 1.82) is 0 Å². The molecule has 7 heteroatoms. The van der Waals surface area contributed by atoms with Gasteiger partial charge in [-0.05, 0) is 70.9 Å². The van der Waals surface area contributed by atoms with Gasteiger partial charge < -0.3 is 25.2 Å². The molecule has 2 amide bonds. The second kappa shape index (κ2) is 13.2. The van der Waals surface area contributed by atoms with Crippen molar-refractivity contribution in [3.05, 3.63) is 95.1 Å². The number of likely N-dealkylation sites (tertiary alicyclic amines) is 1. The summed E-state index contributed by atoms with van der Waals surface area (Å²) in [7, 11) is 0. The molecule has 3 fully saturated rings. The Hall–Kier alpha value is -3.23. The van der Waals surface area contributed by atoms with Crippen LogP contribution in [0, 0.1) is 10.8 Å². The molecule has 0 spiro atoms. The highest BCUT2D eigenvalue weighted by atomic mass is 16.7. The predicted molar refractivity (Wildman–Crippen MR) is 177 cm³/mol. The summed E-state index contributed by atoms with van der Waals surface area (Å²) in [5.74, 6) is 0. The van der Waals surface area contributed by atoms with Crippen LogP contribution in [0.1, 0.15) is 88.0 Å². The average Bonchev–Trinajstić information content (AvgIpc) is 3.27. The third-order valence-electron chi connectivity index (χ3n) is 9.81. The molecule has 45 heavy (non-hydrogen) atoms. The Bertz CT molecular complexity index is 1460. The van der Waals surface area contributed by atoms with Gasteiger partial charge in [-0.3, -0.25) is 4.90 Å². The summed E-state index contributed by atoms with van der Waals surface area (Å²) in [5, 5.41) is 15.2. The lowest BCUT2D eigenvalue weighted by Gasteiger charge is -2.41. The Kier molecular flexibility index (Phi) is 9.34. The average molecular weight is 612 g/mol. The smallest absolute Gasteiger partial charge is 0.315 e. The SMILES string of the molecule is CCNC(=O)NCc1cccc(-c2ccc([C@H]3O[C@@H](CN4CC5(C)CC4CC(C)(C)C5)C[C@@H](c4ccc(CO)cc4)O3)cc2)c1. The number of hydrogen-bond donors (Lipinski definition) is 3. The van der Waals surface area contributed by atoms with Crippen molar-refractivity contribution >= 4 is 6.03 Å². The van der Waals surface area contributed by atoms with Crippen LogP contribution in [-0.4, -0.2) is 47.8 Å². The number of amides is 2. The van der Waals surface area contributed by atoms with Gasteiger partial charge in [0, 0.05) is 44.2 Å². The minimum atomic E-state index is -0.470. The van der Waals surface area contributed by atoms with Crippen LogP contribution in [0.4, 0.5) is 4.79 Å². The van der Waals surface area contributed by atoms with Gasteiger partial charge in [-0.15, -0.1) is 0 Å². The summed E-state index contributed by atoms with van der Waals surface area (Å²) < 4.78 is 13.4. The summed E-state index contributed by atoms with van der Waals surface area (Å²) in [4.78, 5) is 14.5. The van der Waals surface area contributed by atoms with Crippen LogP contribution in [-0.2, 0) is 22.6 Å². The van der Waals surface area contributed by atoms with Crippen LogP contribution >= 0.6 is 0 Å². The number of nitrogens with one attached hydrogen (secondary N) is 2. The number of hydrogen-bond acceptors (Lipinski definition) is 5. The van der Waals surface area contributed by atoms with Crippen molar-refractivity contribution in [2.75, 3.05) is 19.6 Å². The first-order valence-electron chi connectivity index (χ1n) is 16.6. The Labute approximate surface area is 268 Å². The Balaban J connectivity index is 1.19. The van der Waals surface area contributed by atoms with Crippen molar-refractivity contribution in [2.45, 2.75) is 91.1 Å². The zero-order valence-electron chi connectivity index (χ0n) is 27.2. The third-order valence-corrected chi connectivity index (χ3v) is 9.81. The van der Waals surface area contributed by atoms with Gasteiger partial charge in [-0.25, -0.2) is 4.79 Å². The molecule has 1 aliphatic carbocycles. The molecule has 2 aliphatic heterocycles. The van der Waals surface area contributed by atoms with E-state index < -0.39 is 6.29 Å². The molecule has 2 heterocycles.